The van der Waals surface area contributed by atoms with Gasteiger partial charge in [-0.1, -0.05) is 28.9 Å². The first kappa shape index (κ1) is 12.6. The van der Waals surface area contributed by atoms with E-state index in [1.807, 2.05) is 18.2 Å². The Balaban J connectivity index is 1.75. The van der Waals surface area contributed by atoms with E-state index in [0.29, 0.717) is 23.3 Å². The zero-order chi connectivity index (χ0) is 13.2. The molecule has 5 nitrogen and oxygen atoms in total. The summed E-state index contributed by atoms with van der Waals surface area (Å²) in [6, 6.07) is 7.69. The Hall–Kier alpha value is -1.43. The Bertz CT molecular complexity index is 571. The van der Waals surface area contributed by atoms with Crippen molar-refractivity contribution < 1.29 is 4.52 Å². The lowest BCUT2D eigenvalue weighted by molar-refractivity contribution is 0.309. The molecule has 1 aromatic carbocycles. The Kier molecular flexibility index (Phi) is 3.50. The highest BCUT2D eigenvalue weighted by Crippen LogP contribution is 2.26. The van der Waals surface area contributed by atoms with Crippen LogP contribution in [0.3, 0.4) is 0 Å². The first-order chi connectivity index (χ1) is 9.22. The van der Waals surface area contributed by atoms with E-state index in [1.165, 1.54) is 0 Å². The Morgan fingerprint density at radius 3 is 3.00 bits per heavy atom. The third-order valence-corrected chi connectivity index (χ3v) is 3.58. The molecule has 0 radical (unpaired) electrons. The van der Waals surface area contributed by atoms with Crippen LogP contribution in [0, 0.1) is 0 Å². The van der Waals surface area contributed by atoms with E-state index in [9.17, 15) is 0 Å². The lowest BCUT2D eigenvalue weighted by Gasteiger charge is -2.11. The fourth-order valence-electron chi connectivity index (χ4n) is 2.27. The topological polar surface area (TPSA) is 68.2 Å². The van der Waals surface area contributed by atoms with Crippen molar-refractivity contribution >= 4 is 11.6 Å². The lowest BCUT2D eigenvalue weighted by Crippen LogP contribution is -2.26. The van der Waals surface area contributed by atoms with Crippen LogP contribution in [0.15, 0.2) is 28.8 Å². The number of halogens is 1. The third kappa shape index (κ3) is 2.78. The van der Waals surface area contributed by atoms with Crippen molar-refractivity contribution in [3.8, 4) is 11.5 Å². The lowest BCUT2D eigenvalue weighted by atomic mass is 10.2. The molecule has 0 saturated carbocycles. The number of nitrogens with zero attached hydrogens (tertiary/aromatic N) is 3. The van der Waals surface area contributed by atoms with E-state index in [-0.39, 0.29) is 6.04 Å². The van der Waals surface area contributed by atoms with Crippen LogP contribution in [0.1, 0.15) is 12.2 Å². The summed E-state index contributed by atoms with van der Waals surface area (Å²) in [5.41, 5.74) is 6.64. The van der Waals surface area contributed by atoms with Crippen LogP contribution >= 0.6 is 11.6 Å². The van der Waals surface area contributed by atoms with Crippen LogP contribution in [0.4, 0.5) is 0 Å². The van der Waals surface area contributed by atoms with Gasteiger partial charge in [-0.3, -0.25) is 4.90 Å². The second-order valence-electron chi connectivity index (χ2n) is 4.78. The van der Waals surface area contributed by atoms with E-state index in [1.54, 1.807) is 6.07 Å². The SMILES string of the molecule is N[C@H]1CCN(Cc2noc(-c3ccccc3Cl)n2)C1. The molecule has 0 unspecified atom stereocenters. The molecular formula is C13H15ClN4O. The molecule has 1 aliphatic rings. The highest BCUT2D eigenvalue weighted by atomic mass is 35.5. The zero-order valence-corrected chi connectivity index (χ0v) is 11.2. The summed E-state index contributed by atoms with van der Waals surface area (Å²) in [7, 11) is 0. The van der Waals surface area contributed by atoms with Crippen molar-refractivity contribution in [3.05, 3.63) is 35.1 Å². The first-order valence-electron chi connectivity index (χ1n) is 6.28. The molecule has 1 saturated heterocycles. The Morgan fingerprint density at radius 1 is 1.42 bits per heavy atom. The van der Waals surface area contributed by atoms with Gasteiger partial charge >= 0.3 is 0 Å². The van der Waals surface area contributed by atoms with Gasteiger partial charge in [-0.05, 0) is 18.6 Å². The van der Waals surface area contributed by atoms with Crippen LogP contribution in [-0.4, -0.2) is 34.2 Å². The molecule has 6 heteroatoms. The second kappa shape index (κ2) is 5.28. The predicted molar refractivity (Wildman–Crippen MR) is 72.6 cm³/mol. The van der Waals surface area contributed by atoms with Gasteiger partial charge in [-0.2, -0.15) is 4.98 Å². The summed E-state index contributed by atoms with van der Waals surface area (Å²) in [5, 5.41) is 4.61. The minimum absolute atomic E-state index is 0.259. The number of rotatable bonds is 3. The maximum Gasteiger partial charge on any atom is 0.259 e. The van der Waals surface area contributed by atoms with E-state index < -0.39 is 0 Å². The highest BCUT2D eigenvalue weighted by Gasteiger charge is 2.21. The van der Waals surface area contributed by atoms with Gasteiger partial charge in [0.1, 0.15) is 0 Å². The molecule has 2 N–H and O–H groups in total. The van der Waals surface area contributed by atoms with Gasteiger partial charge in [-0.25, -0.2) is 0 Å². The maximum absolute atomic E-state index is 6.10. The summed E-state index contributed by atoms with van der Waals surface area (Å²) < 4.78 is 5.27. The molecule has 1 aliphatic heterocycles. The van der Waals surface area contributed by atoms with Crippen LogP contribution in [0.5, 0.6) is 0 Å². The van der Waals surface area contributed by atoms with Crippen LogP contribution in [0.25, 0.3) is 11.5 Å². The van der Waals surface area contributed by atoms with E-state index in [4.69, 9.17) is 21.9 Å². The molecule has 2 heterocycles. The van der Waals surface area contributed by atoms with Gasteiger partial charge in [0, 0.05) is 19.1 Å². The molecule has 0 aliphatic carbocycles. The highest BCUT2D eigenvalue weighted by molar-refractivity contribution is 6.33. The van der Waals surface area contributed by atoms with Gasteiger partial charge in [0.05, 0.1) is 17.1 Å². The van der Waals surface area contributed by atoms with E-state index in [0.717, 1.165) is 25.1 Å². The minimum Gasteiger partial charge on any atom is -0.334 e. The molecule has 0 amide bonds. The fraction of sp³-hybridized carbons (Fsp3) is 0.385. The fourth-order valence-corrected chi connectivity index (χ4v) is 2.49. The molecule has 2 aromatic rings. The van der Waals surface area contributed by atoms with Gasteiger partial charge in [0.15, 0.2) is 5.82 Å². The molecule has 0 spiro atoms. The van der Waals surface area contributed by atoms with Crippen molar-refractivity contribution in [2.75, 3.05) is 13.1 Å². The molecule has 1 atom stereocenters. The maximum atomic E-state index is 6.10. The van der Waals surface area contributed by atoms with Crippen molar-refractivity contribution in [1.82, 2.24) is 15.0 Å². The third-order valence-electron chi connectivity index (χ3n) is 3.25. The normalized spacial score (nSPS) is 20.0. The van der Waals surface area contributed by atoms with E-state index >= 15 is 0 Å². The number of hydrogen-bond donors (Lipinski definition) is 1. The van der Waals surface area contributed by atoms with Crippen LogP contribution in [-0.2, 0) is 6.54 Å². The van der Waals surface area contributed by atoms with Crippen molar-refractivity contribution in [1.29, 1.82) is 0 Å². The number of nitrogens with two attached hydrogens (primary N) is 1. The summed E-state index contributed by atoms with van der Waals surface area (Å²) >= 11 is 6.10. The number of aromatic nitrogens is 2. The first-order valence-corrected chi connectivity index (χ1v) is 6.65. The molecular weight excluding hydrogens is 264 g/mol. The number of benzene rings is 1. The van der Waals surface area contributed by atoms with E-state index in [2.05, 4.69) is 15.0 Å². The molecule has 0 bridgehead atoms. The standard InChI is InChI=1S/C13H15ClN4O/c14-11-4-2-1-3-10(11)13-16-12(17-19-13)8-18-6-5-9(15)7-18/h1-4,9H,5-8,15H2/t9-/m0/s1. The molecule has 1 fully saturated rings. The van der Waals surface area contributed by atoms with Crippen molar-refractivity contribution in [2.24, 2.45) is 5.73 Å². The average Bonchev–Trinajstić information content (AvgIpc) is 3.00. The quantitative estimate of drug-likeness (QED) is 0.929. The summed E-state index contributed by atoms with van der Waals surface area (Å²) in [5.74, 6) is 1.13. The predicted octanol–water partition coefficient (Wildman–Crippen LogP) is 1.92. The number of hydrogen-bond acceptors (Lipinski definition) is 5. The van der Waals surface area contributed by atoms with Crippen molar-refractivity contribution in [3.63, 3.8) is 0 Å². The summed E-state index contributed by atoms with van der Waals surface area (Å²) in [4.78, 5) is 6.61. The average molecular weight is 279 g/mol. The van der Waals surface area contributed by atoms with Crippen LogP contribution in [0.2, 0.25) is 5.02 Å². The summed E-state index contributed by atoms with van der Waals surface area (Å²) in [6.07, 6.45) is 1.02. The largest absolute Gasteiger partial charge is 0.334 e. The number of likely N-dealkylation sites (tertiary alicyclic amines) is 1. The minimum atomic E-state index is 0.259. The smallest absolute Gasteiger partial charge is 0.259 e. The van der Waals surface area contributed by atoms with Gasteiger partial charge in [-0.15, -0.1) is 0 Å². The Labute approximate surface area is 116 Å². The monoisotopic (exact) mass is 278 g/mol. The van der Waals surface area contributed by atoms with Crippen molar-refractivity contribution in [2.45, 2.75) is 19.0 Å². The Morgan fingerprint density at radius 2 is 2.26 bits per heavy atom. The van der Waals surface area contributed by atoms with Gasteiger partial charge < -0.3 is 10.3 Å². The van der Waals surface area contributed by atoms with Gasteiger partial charge in [0.25, 0.3) is 5.89 Å². The van der Waals surface area contributed by atoms with Gasteiger partial charge in [0.2, 0.25) is 0 Å². The molecule has 19 heavy (non-hydrogen) atoms. The summed E-state index contributed by atoms with van der Waals surface area (Å²) in [6.45, 7) is 2.54. The molecule has 3 rings (SSSR count). The van der Waals surface area contributed by atoms with Crippen LogP contribution < -0.4 is 5.73 Å². The molecule has 100 valence electrons. The molecule has 1 aromatic heterocycles. The zero-order valence-electron chi connectivity index (χ0n) is 10.4. The second-order valence-corrected chi connectivity index (χ2v) is 5.19.